The maximum atomic E-state index is 12.7. The highest BCUT2D eigenvalue weighted by molar-refractivity contribution is 7.99. The van der Waals surface area contributed by atoms with E-state index in [-0.39, 0.29) is 11.5 Å². The number of halogens is 1. The second kappa shape index (κ2) is 10.1. The second-order valence-corrected chi connectivity index (χ2v) is 9.21. The van der Waals surface area contributed by atoms with E-state index in [2.05, 4.69) is 15.3 Å². The van der Waals surface area contributed by atoms with Crippen molar-refractivity contribution >= 4 is 50.8 Å². The molecule has 8 heteroatoms. The van der Waals surface area contributed by atoms with Gasteiger partial charge in [0.05, 0.1) is 16.9 Å². The largest absolute Gasteiger partial charge is 0.355 e. The van der Waals surface area contributed by atoms with Gasteiger partial charge in [0.15, 0.2) is 0 Å². The van der Waals surface area contributed by atoms with Gasteiger partial charge < -0.3 is 10.3 Å². The zero-order valence-corrected chi connectivity index (χ0v) is 18.9. The fraction of sp³-hybridized carbons (Fsp3) is 0.174. The van der Waals surface area contributed by atoms with E-state index in [1.807, 2.05) is 60.0 Å². The van der Waals surface area contributed by atoms with Gasteiger partial charge in [-0.05, 0) is 29.7 Å². The summed E-state index contributed by atoms with van der Waals surface area (Å²) in [6, 6.07) is 17.4. The number of carbonyl (C=O) groups excluding carboxylic acids is 1. The molecule has 2 N–H and O–H groups in total. The average Bonchev–Trinajstić information content (AvgIpc) is 3.20. The molecule has 0 aliphatic carbocycles. The van der Waals surface area contributed by atoms with Gasteiger partial charge in [-0.3, -0.25) is 9.59 Å². The molecule has 5 nitrogen and oxygen atoms in total. The number of aromatic nitrogens is 2. The maximum absolute atomic E-state index is 12.7. The standard InChI is InChI=1S/C23H20ClN3O2S2/c24-17-8-6-15(7-9-17)10-11-25-20(28)14-30-13-19-26-22(29)21-18(12-31-23(21)27-19)16-4-2-1-3-5-16/h1-9,12H,10-11,13-14H2,(H,25,28)(H,26,27,29). The van der Waals surface area contributed by atoms with Crippen LogP contribution in [0.4, 0.5) is 0 Å². The van der Waals surface area contributed by atoms with Crippen LogP contribution in [0.3, 0.4) is 0 Å². The number of amides is 1. The Hall–Kier alpha value is -2.61. The minimum Gasteiger partial charge on any atom is -0.355 e. The van der Waals surface area contributed by atoms with Gasteiger partial charge in [0.2, 0.25) is 5.91 Å². The Morgan fingerprint density at radius 3 is 2.68 bits per heavy atom. The molecule has 0 spiro atoms. The number of hydrogen-bond donors (Lipinski definition) is 2. The van der Waals surface area contributed by atoms with Crippen LogP contribution in [-0.2, 0) is 17.0 Å². The van der Waals surface area contributed by atoms with E-state index in [1.54, 1.807) is 0 Å². The Kier molecular flexibility index (Phi) is 7.06. The highest BCUT2D eigenvalue weighted by Gasteiger charge is 2.13. The van der Waals surface area contributed by atoms with Crippen LogP contribution in [0.1, 0.15) is 11.4 Å². The first-order valence-corrected chi connectivity index (χ1v) is 12.2. The van der Waals surface area contributed by atoms with Crippen LogP contribution in [0.5, 0.6) is 0 Å². The van der Waals surface area contributed by atoms with Crippen molar-refractivity contribution in [1.29, 1.82) is 0 Å². The molecule has 0 fully saturated rings. The molecule has 31 heavy (non-hydrogen) atoms. The van der Waals surface area contributed by atoms with Gasteiger partial charge in [-0.1, -0.05) is 54.1 Å². The lowest BCUT2D eigenvalue weighted by Crippen LogP contribution is -2.27. The lowest BCUT2D eigenvalue weighted by Gasteiger charge is -2.06. The molecule has 2 aromatic carbocycles. The van der Waals surface area contributed by atoms with Gasteiger partial charge in [-0.2, -0.15) is 0 Å². The van der Waals surface area contributed by atoms with Gasteiger partial charge in [0.1, 0.15) is 10.7 Å². The molecule has 2 heterocycles. The predicted molar refractivity (Wildman–Crippen MR) is 130 cm³/mol. The third-order valence-electron chi connectivity index (χ3n) is 4.70. The molecule has 158 valence electrons. The minimum atomic E-state index is -0.145. The van der Waals surface area contributed by atoms with Crippen LogP contribution >= 0.6 is 34.7 Å². The molecule has 1 amide bonds. The summed E-state index contributed by atoms with van der Waals surface area (Å²) in [4.78, 5) is 32.9. The van der Waals surface area contributed by atoms with Crippen molar-refractivity contribution in [2.24, 2.45) is 0 Å². The summed E-state index contributed by atoms with van der Waals surface area (Å²) >= 11 is 8.76. The molecule has 0 aliphatic heterocycles. The number of nitrogens with zero attached hydrogens (tertiary/aromatic N) is 1. The number of thioether (sulfide) groups is 1. The van der Waals surface area contributed by atoms with Crippen LogP contribution in [0, 0.1) is 0 Å². The fourth-order valence-electron chi connectivity index (χ4n) is 3.18. The fourth-order valence-corrected chi connectivity index (χ4v) is 4.99. The first-order valence-electron chi connectivity index (χ1n) is 9.75. The van der Waals surface area contributed by atoms with E-state index >= 15 is 0 Å². The predicted octanol–water partition coefficient (Wildman–Crippen LogP) is 4.90. The summed E-state index contributed by atoms with van der Waals surface area (Å²) in [5, 5.41) is 6.19. The van der Waals surface area contributed by atoms with Gasteiger partial charge in [0, 0.05) is 22.5 Å². The van der Waals surface area contributed by atoms with Crippen LogP contribution < -0.4 is 10.9 Å². The molecule has 0 saturated carbocycles. The summed E-state index contributed by atoms with van der Waals surface area (Å²) in [6.07, 6.45) is 0.751. The zero-order valence-electron chi connectivity index (χ0n) is 16.6. The van der Waals surface area contributed by atoms with Crippen LogP contribution in [0.15, 0.2) is 64.8 Å². The normalized spacial score (nSPS) is 11.0. The van der Waals surface area contributed by atoms with Crippen LogP contribution in [0.25, 0.3) is 21.3 Å². The summed E-state index contributed by atoms with van der Waals surface area (Å²) in [5.74, 6) is 1.32. The number of H-pyrrole nitrogens is 1. The van der Waals surface area contributed by atoms with Crippen molar-refractivity contribution in [2.75, 3.05) is 12.3 Å². The lowest BCUT2D eigenvalue weighted by molar-refractivity contribution is -0.118. The Morgan fingerprint density at radius 2 is 1.90 bits per heavy atom. The number of carbonyl (C=O) groups is 1. The van der Waals surface area contributed by atoms with Gasteiger partial charge in [-0.15, -0.1) is 23.1 Å². The van der Waals surface area contributed by atoms with Crippen LogP contribution in [0.2, 0.25) is 5.02 Å². The summed E-state index contributed by atoms with van der Waals surface area (Å²) < 4.78 is 0. The molecule has 0 radical (unpaired) electrons. The summed E-state index contributed by atoms with van der Waals surface area (Å²) in [6.45, 7) is 0.569. The summed E-state index contributed by atoms with van der Waals surface area (Å²) in [5.41, 5.74) is 2.87. The SMILES string of the molecule is O=C(CSCc1nc2scc(-c3ccccc3)c2c(=O)[nH]1)NCCc1ccc(Cl)cc1. The van der Waals surface area contributed by atoms with E-state index in [0.717, 1.165) is 23.1 Å². The number of rotatable bonds is 8. The van der Waals surface area contributed by atoms with Gasteiger partial charge in [0.25, 0.3) is 5.56 Å². The lowest BCUT2D eigenvalue weighted by atomic mass is 10.1. The molecule has 2 aromatic heterocycles. The van der Waals surface area contributed by atoms with E-state index in [0.29, 0.717) is 39.1 Å². The molecule has 0 saturated heterocycles. The second-order valence-electron chi connectivity index (χ2n) is 6.93. The van der Waals surface area contributed by atoms with Crippen molar-refractivity contribution < 1.29 is 4.79 Å². The molecule has 0 bridgehead atoms. The quantitative estimate of drug-likeness (QED) is 0.385. The monoisotopic (exact) mass is 469 g/mol. The first kappa shape index (κ1) is 21.6. The molecule has 4 aromatic rings. The number of aromatic amines is 1. The highest BCUT2D eigenvalue weighted by Crippen LogP contribution is 2.30. The molecule has 0 unspecified atom stereocenters. The summed E-state index contributed by atoms with van der Waals surface area (Å²) in [7, 11) is 0. The smallest absolute Gasteiger partial charge is 0.260 e. The molecular formula is C23H20ClN3O2S2. The van der Waals surface area contributed by atoms with Gasteiger partial charge in [-0.25, -0.2) is 4.98 Å². The average molecular weight is 470 g/mol. The van der Waals surface area contributed by atoms with Crippen LogP contribution in [-0.4, -0.2) is 28.2 Å². The maximum Gasteiger partial charge on any atom is 0.260 e. The van der Waals surface area contributed by atoms with Crippen molar-refractivity contribution in [3.05, 3.63) is 86.7 Å². The Labute approximate surface area is 192 Å². The third-order valence-corrected chi connectivity index (χ3v) is 6.77. The van der Waals surface area contributed by atoms with Crippen molar-refractivity contribution in [3.8, 4) is 11.1 Å². The zero-order chi connectivity index (χ0) is 21.6. The number of benzene rings is 2. The molecule has 0 atom stereocenters. The van der Waals surface area contributed by atoms with E-state index < -0.39 is 0 Å². The van der Waals surface area contributed by atoms with Crippen molar-refractivity contribution in [3.63, 3.8) is 0 Å². The first-order chi connectivity index (χ1) is 15.1. The van der Waals surface area contributed by atoms with Crippen molar-refractivity contribution in [1.82, 2.24) is 15.3 Å². The Bertz CT molecular complexity index is 1240. The van der Waals surface area contributed by atoms with Gasteiger partial charge >= 0.3 is 0 Å². The molecule has 4 rings (SSSR count). The van der Waals surface area contributed by atoms with Crippen molar-refractivity contribution in [2.45, 2.75) is 12.2 Å². The van der Waals surface area contributed by atoms with E-state index in [9.17, 15) is 9.59 Å². The Morgan fingerprint density at radius 1 is 1.13 bits per heavy atom. The molecular weight excluding hydrogens is 450 g/mol. The van der Waals surface area contributed by atoms with E-state index in [1.165, 1.54) is 23.1 Å². The highest BCUT2D eigenvalue weighted by atomic mass is 35.5. The molecule has 0 aliphatic rings. The number of hydrogen-bond acceptors (Lipinski definition) is 5. The topological polar surface area (TPSA) is 74.8 Å². The third kappa shape index (κ3) is 5.55. The van der Waals surface area contributed by atoms with E-state index in [4.69, 9.17) is 11.6 Å². The Balaban J connectivity index is 1.30. The number of fused-ring (bicyclic) bond motifs is 1. The minimum absolute atomic E-state index is 0.0372. The number of nitrogens with one attached hydrogen (secondary N) is 2. The number of thiophene rings is 1.